The van der Waals surface area contributed by atoms with E-state index >= 15 is 0 Å². The smallest absolute Gasteiger partial charge is 0.506 e. The molecule has 0 aromatic carbocycles. The van der Waals surface area contributed by atoms with Gasteiger partial charge < -0.3 is 12.6 Å². The summed E-state index contributed by atoms with van der Waals surface area (Å²) in [5.74, 6) is -0.826. The number of rotatable bonds is 1. The van der Waals surface area contributed by atoms with Gasteiger partial charge in [-0.3, -0.25) is 4.79 Å². The fraction of sp³-hybridized carbons (Fsp3) is 0.500. The van der Waals surface area contributed by atoms with Crippen LogP contribution in [0.2, 0.25) is 0 Å². The number of hydrogen-bond donors (Lipinski definition) is 0. The molecule has 0 aromatic heterocycles. The van der Waals surface area contributed by atoms with Crippen molar-refractivity contribution in [3.8, 4) is 0 Å². The van der Waals surface area contributed by atoms with Crippen LogP contribution in [0.5, 0.6) is 0 Å². The fourth-order valence-corrected chi connectivity index (χ4v) is 0.287. The molecule has 8 heavy (non-hydrogen) atoms. The molecule has 0 saturated heterocycles. The molecule has 0 bridgehead atoms. The fourth-order valence-electron chi connectivity index (χ4n) is 0.0958. The maximum atomic E-state index is 9.64. The van der Waals surface area contributed by atoms with E-state index in [-0.39, 0.29) is 51.4 Å². The topological polar surface area (TPSA) is 60.4 Å². The molecule has 0 heterocycles. The van der Waals surface area contributed by atoms with Gasteiger partial charge in [0.15, 0.2) is 0 Å². The van der Waals surface area contributed by atoms with Crippen LogP contribution in [0.1, 0.15) is 6.92 Å². The summed E-state index contributed by atoms with van der Waals surface area (Å²) >= 11 is 0. The second kappa shape index (κ2) is 6.18. The molecule has 0 atom stereocenters. The van der Waals surface area contributed by atoms with Gasteiger partial charge in [0, 0.05) is 6.92 Å². The first kappa shape index (κ1) is 11.8. The Labute approximate surface area is 91.2 Å². The van der Waals surface area contributed by atoms with Gasteiger partial charge in [-0.15, -0.1) is 0 Å². The number of carbonyl (C=O) groups is 1. The molecule has 0 aromatic rings. The summed E-state index contributed by atoms with van der Waals surface area (Å²) in [4.78, 5) is 9.64. The van der Waals surface area contributed by atoms with Crippen LogP contribution in [0, 0.1) is 0 Å². The van der Waals surface area contributed by atoms with Crippen LogP contribution in [0.3, 0.4) is 0 Å². The molecular formula is C2H3KO4S. The molecule has 0 unspecified atom stereocenters. The Morgan fingerprint density at radius 2 is 1.88 bits per heavy atom. The van der Waals surface area contributed by atoms with E-state index in [2.05, 4.69) is 4.18 Å². The zero-order valence-corrected chi connectivity index (χ0v) is 8.48. The molecule has 0 rings (SSSR count). The van der Waals surface area contributed by atoms with Crippen molar-refractivity contribution in [3.05, 3.63) is 0 Å². The van der Waals surface area contributed by atoms with E-state index in [1.807, 2.05) is 0 Å². The molecule has 4 nitrogen and oxygen atoms in total. The minimum absolute atomic E-state index is 0. The molecular weight excluding hydrogens is 159 g/mol. The second-order valence-electron chi connectivity index (χ2n) is 0.779. The molecule has 0 amide bonds. The van der Waals surface area contributed by atoms with E-state index in [0.29, 0.717) is 0 Å². The van der Waals surface area contributed by atoms with Crippen molar-refractivity contribution in [1.29, 1.82) is 0 Å². The van der Waals surface area contributed by atoms with Crippen LogP contribution in [0.4, 0.5) is 0 Å². The Morgan fingerprint density at radius 3 is 1.88 bits per heavy atom. The summed E-state index contributed by atoms with van der Waals surface area (Å²) in [6.07, 6.45) is 0. The normalized spacial score (nSPS) is 7.75. The predicted molar refractivity (Wildman–Crippen MR) is 20.5 cm³/mol. The summed E-state index contributed by atoms with van der Waals surface area (Å²) in [7, 11) is -2.70. The van der Waals surface area contributed by atoms with Crippen molar-refractivity contribution >= 4 is 17.0 Å². The largest absolute Gasteiger partial charge is 1.00 e. The second-order valence-corrected chi connectivity index (χ2v) is 1.35. The Bertz CT molecular complexity index is 131. The third kappa shape index (κ3) is 10.1. The quantitative estimate of drug-likeness (QED) is 0.300. The third-order valence-corrected chi connectivity index (χ3v) is 0.556. The van der Waals surface area contributed by atoms with Crippen molar-refractivity contribution in [2.45, 2.75) is 6.92 Å². The Morgan fingerprint density at radius 1 is 1.50 bits per heavy atom. The zero-order chi connectivity index (χ0) is 5.86. The van der Waals surface area contributed by atoms with Crippen molar-refractivity contribution < 1.29 is 68.8 Å². The van der Waals surface area contributed by atoms with E-state index in [1.165, 1.54) is 0 Å². The Hall–Kier alpha value is 1.06. The van der Waals surface area contributed by atoms with E-state index in [0.717, 1.165) is 6.92 Å². The molecule has 0 spiro atoms. The first-order valence-corrected chi connectivity index (χ1v) is 2.41. The van der Waals surface area contributed by atoms with Gasteiger partial charge in [-0.2, -0.15) is 0 Å². The van der Waals surface area contributed by atoms with Crippen LogP contribution >= 0.6 is 0 Å². The molecule has 0 fully saturated rings. The van der Waals surface area contributed by atoms with Crippen molar-refractivity contribution in [1.82, 2.24) is 0 Å². The van der Waals surface area contributed by atoms with Gasteiger partial charge in [-0.1, -0.05) is 0 Å². The van der Waals surface area contributed by atoms with Gasteiger partial charge in [0.1, 0.15) is 11.0 Å². The maximum Gasteiger partial charge on any atom is 1.00 e. The van der Waals surface area contributed by atoms with Gasteiger partial charge in [0.2, 0.25) is 0 Å². The van der Waals surface area contributed by atoms with Gasteiger partial charge in [-0.25, -0.2) is 0 Å². The van der Waals surface area contributed by atoms with Crippen LogP contribution in [0.25, 0.3) is 0 Å². The monoisotopic (exact) mass is 162 g/mol. The molecule has 0 radical (unpaired) electrons. The predicted octanol–water partition coefficient (Wildman–Crippen LogP) is -3.22. The molecule has 0 aliphatic heterocycles. The number of carbonyl (C=O) groups excluding carboxylic acids is 1. The van der Waals surface area contributed by atoms with Gasteiger partial charge in [0.25, 0.3) is 5.97 Å². The minimum Gasteiger partial charge on any atom is -0.506 e. The standard InChI is InChI=1S/C2H3O4S.K/c1-2(3)6-7(4)5;/h1H3;/q-1;+1. The first-order chi connectivity index (χ1) is 3.13. The minimum atomic E-state index is -2.70. The summed E-state index contributed by atoms with van der Waals surface area (Å²) in [6.45, 7) is 1.01. The van der Waals surface area contributed by atoms with E-state index < -0.39 is 17.0 Å². The Balaban J connectivity index is 0. The summed E-state index contributed by atoms with van der Waals surface area (Å²) in [6, 6.07) is 0. The van der Waals surface area contributed by atoms with Crippen molar-refractivity contribution in [3.63, 3.8) is 0 Å². The first-order valence-electron chi connectivity index (χ1n) is 1.41. The van der Waals surface area contributed by atoms with Crippen molar-refractivity contribution in [2.75, 3.05) is 0 Å². The van der Waals surface area contributed by atoms with E-state index in [1.54, 1.807) is 0 Å². The van der Waals surface area contributed by atoms with Crippen LogP contribution in [-0.2, 0) is 28.4 Å². The van der Waals surface area contributed by atoms with Gasteiger partial charge >= 0.3 is 51.4 Å². The average Bonchev–Trinajstić information content (AvgIpc) is 1.27. The summed E-state index contributed by atoms with van der Waals surface area (Å²) in [5, 5.41) is 0. The SMILES string of the molecule is CC(=O)O[S-](=O)=O.[K+]. The van der Waals surface area contributed by atoms with E-state index in [4.69, 9.17) is 0 Å². The summed E-state index contributed by atoms with van der Waals surface area (Å²) in [5.41, 5.74) is 0. The molecule has 0 aliphatic carbocycles. The number of hydrogen-bond acceptors (Lipinski definition) is 5. The van der Waals surface area contributed by atoms with Gasteiger partial charge in [0.05, 0.1) is 0 Å². The Kier molecular flexibility index (Phi) is 9.12. The average molecular weight is 162 g/mol. The van der Waals surface area contributed by atoms with Crippen LogP contribution < -0.4 is 51.4 Å². The molecule has 6 heteroatoms. The maximum absolute atomic E-state index is 9.64. The van der Waals surface area contributed by atoms with E-state index in [9.17, 15) is 13.2 Å². The molecule has 42 valence electrons. The molecule has 0 saturated carbocycles. The summed E-state index contributed by atoms with van der Waals surface area (Å²) < 4.78 is 22.3. The van der Waals surface area contributed by atoms with Gasteiger partial charge in [-0.05, 0) is 0 Å². The third-order valence-electron chi connectivity index (χ3n) is 0.185. The molecule has 0 N–H and O–H groups in total. The van der Waals surface area contributed by atoms with Crippen LogP contribution in [0.15, 0.2) is 0 Å². The zero-order valence-electron chi connectivity index (χ0n) is 4.54. The van der Waals surface area contributed by atoms with Crippen molar-refractivity contribution in [2.24, 2.45) is 0 Å². The molecule has 0 aliphatic rings. The van der Waals surface area contributed by atoms with Crippen LogP contribution in [-0.4, -0.2) is 5.97 Å².